The van der Waals surface area contributed by atoms with Crippen LogP contribution in [-0.2, 0) is 10.0 Å². The lowest BCUT2D eigenvalue weighted by atomic mass is 10.2. The van der Waals surface area contributed by atoms with Gasteiger partial charge in [-0.3, -0.25) is 0 Å². The molecule has 1 aromatic rings. The largest absolute Gasteiger partial charge is 0.384 e. The van der Waals surface area contributed by atoms with Gasteiger partial charge in [0.1, 0.15) is 6.61 Å². The Bertz CT molecular complexity index is 588. The van der Waals surface area contributed by atoms with Gasteiger partial charge in [0, 0.05) is 18.7 Å². The van der Waals surface area contributed by atoms with E-state index < -0.39 is 10.0 Å². The molecular weight excluding hydrogens is 276 g/mol. The minimum Gasteiger partial charge on any atom is -0.384 e. The van der Waals surface area contributed by atoms with E-state index in [1.54, 1.807) is 12.1 Å². The molecule has 0 aliphatic rings. The molecule has 6 heteroatoms. The lowest BCUT2D eigenvalue weighted by molar-refractivity contribution is 0.350. The van der Waals surface area contributed by atoms with Crippen LogP contribution in [0.2, 0.25) is 0 Å². The van der Waals surface area contributed by atoms with Crippen molar-refractivity contribution in [3.05, 3.63) is 29.8 Å². The maximum Gasteiger partial charge on any atom is 0.240 e. The molecule has 5 nitrogen and oxygen atoms in total. The topological polar surface area (TPSA) is 69.6 Å². The van der Waals surface area contributed by atoms with Crippen LogP contribution in [0.4, 0.5) is 0 Å². The number of rotatable bonds is 6. The van der Waals surface area contributed by atoms with Gasteiger partial charge in [0.05, 0.1) is 4.90 Å². The molecule has 0 saturated carbocycles. The average Bonchev–Trinajstić information content (AvgIpc) is 2.45. The molecule has 0 atom stereocenters. The first-order valence-corrected chi connectivity index (χ1v) is 7.86. The number of likely N-dealkylation sites (N-methyl/N-ethyl adjacent to an activating group) is 1. The third-order valence-corrected chi connectivity index (χ3v) is 4.24. The standard InChI is InChI=1S/C14H20N2O3S/c1-3-16(2)10-9-15-20(18,19)14-8-4-6-13(12-14)7-5-11-17/h4,6,8,12,15,17H,3,9-11H2,1-2H3. The molecule has 0 aliphatic carbocycles. The highest BCUT2D eigenvalue weighted by Gasteiger charge is 2.13. The summed E-state index contributed by atoms with van der Waals surface area (Å²) >= 11 is 0. The van der Waals surface area contributed by atoms with Crippen molar-refractivity contribution in [3.63, 3.8) is 0 Å². The molecule has 0 aliphatic heterocycles. The van der Waals surface area contributed by atoms with Gasteiger partial charge in [-0.25, -0.2) is 13.1 Å². The summed E-state index contributed by atoms with van der Waals surface area (Å²) in [6.45, 7) is 3.64. The third-order valence-electron chi connectivity index (χ3n) is 2.78. The highest BCUT2D eigenvalue weighted by atomic mass is 32.2. The number of nitrogens with zero attached hydrogens (tertiary/aromatic N) is 1. The second kappa shape index (κ2) is 8.02. The maximum absolute atomic E-state index is 12.1. The normalized spacial score (nSPS) is 11.2. The molecule has 20 heavy (non-hydrogen) atoms. The van der Waals surface area contributed by atoms with E-state index in [1.807, 2.05) is 18.9 Å². The fourth-order valence-electron chi connectivity index (χ4n) is 1.49. The quantitative estimate of drug-likeness (QED) is 0.739. The van der Waals surface area contributed by atoms with E-state index in [9.17, 15) is 8.42 Å². The Kier molecular flexibility index (Phi) is 6.68. The Morgan fingerprint density at radius 2 is 2.15 bits per heavy atom. The van der Waals surface area contributed by atoms with Gasteiger partial charge in [-0.1, -0.05) is 24.8 Å². The lowest BCUT2D eigenvalue weighted by Crippen LogP contribution is -2.32. The third kappa shape index (κ3) is 5.31. The molecule has 110 valence electrons. The Morgan fingerprint density at radius 3 is 2.80 bits per heavy atom. The molecule has 0 bridgehead atoms. The van der Waals surface area contributed by atoms with E-state index in [0.29, 0.717) is 18.7 Å². The highest BCUT2D eigenvalue weighted by Crippen LogP contribution is 2.10. The first-order chi connectivity index (χ1) is 9.49. The Labute approximate surface area is 120 Å². The molecule has 0 saturated heterocycles. The van der Waals surface area contributed by atoms with Crippen molar-refractivity contribution >= 4 is 10.0 Å². The first kappa shape index (κ1) is 16.7. The van der Waals surface area contributed by atoms with Gasteiger partial charge in [0.25, 0.3) is 0 Å². The fraction of sp³-hybridized carbons (Fsp3) is 0.429. The van der Waals surface area contributed by atoms with Crippen molar-refractivity contribution in [2.45, 2.75) is 11.8 Å². The molecule has 1 aromatic carbocycles. The minimum atomic E-state index is -3.52. The predicted molar refractivity (Wildman–Crippen MR) is 78.8 cm³/mol. The van der Waals surface area contributed by atoms with Crippen LogP contribution in [0.1, 0.15) is 12.5 Å². The van der Waals surface area contributed by atoms with Crippen LogP contribution in [0, 0.1) is 11.8 Å². The van der Waals surface area contributed by atoms with E-state index in [2.05, 4.69) is 16.6 Å². The summed E-state index contributed by atoms with van der Waals surface area (Å²) in [4.78, 5) is 2.20. The summed E-state index contributed by atoms with van der Waals surface area (Å²) in [6.07, 6.45) is 0. The van der Waals surface area contributed by atoms with Crippen molar-refractivity contribution in [2.75, 3.05) is 33.3 Å². The van der Waals surface area contributed by atoms with Gasteiger partial charge in [0.2, 0.25) is 10.0 Å². The number of hydrogen-bond donors (Lipinski definition) is 2. The van der Waals surface area contributed by atoms with E-state index in [4.69, 9.17) is 5.11 Å². The van der Waals surface area contributed by atoms with Crippen LogP contribution in [0.25, 0.3) is 0 Å². The van der Waals surface area contributed by atoms with Crippen molar-refractivity contribution in [1.82, 2.24) is 9.62 Å². The molecule has 0 aromatic heterocycles. The molecule has 2 N–H and O–H groups in total. The van der Waals surface area contributed by atoms with E-state index in [-0.39, 0.29) is 11.5 Å². The summed E-state index contributed by atoms with van der Waals surface area (Å²) < 4.78 is 26.8. The predicted octanol–water partition coefficient (Wildman–Crippen LogP) is 0.260. The summed E-state index contributed by atoms with van der Waals surface area (Å²) in [5, 5.41) is 8.64. The minimum absolute atomic E-state index is 0.182. The van der Waals surface area contributed by atoms with Gasteiger partial charge < -0.3 is 10.0 Å². The molecule has 0 unspecified atom stereocenters. The number of aliphatic hydroxyl groups excluding tert-OH is 1. The van der Waals surface area contributed by atoms with Crippen molar-refractivity contribution < 1.29 is 13.5 Å². The van der Waals surface area contributed by atoms with Gasteiger partial charge >= 0.3 is 0 Å². The van der Waals surface area contributed by atoms with E-state index in [0.717, 1.165) is 6.54 Å². The van der Waals surface area contributed by atoms with Crippen molar-refractivity contribution in [2.24, 2.45) is 0 Å². The van der Waals surface area contributed by atoms with Crippen LogP contribution in [-0.4, -0.2) is 51.7 Å². The smallest absolute Gasteiger partial charge is 0.240 e. The highest BCUT2D eigenvalue weighted by molar-refractivity contribution is 7.89. The van der Waals surface area contributed by atoms with Crippen LogP contribution in [0.5, 0.6) is 0 Å². The monoisotopic (exact) mass is 296 g/mol. The number of hydrogen-bond acceptors (Lipinski definition) is 4. The summed E-state index contributed by atoms with van der Waals surface area (Å²) in [5.41, 5.74) is 0.563. The molecule has 0 radical (unpaired) electrons. The molecule has 1 rings (SSSR count). The average molecular weight is 296 g/mol. The van der Waals surface area contributed by atoms with E-state index in [1.165, 1.54) is 12.1 Å². The second-order valence-electron chi connectivity index (χ2n) is 4.28. The number of sulfonamides is 1. The van der Waals surface area contributed by atoms with Crippen LogP contribution >= 0.6 is 0 Å². The fourth-order valence-corrected chi connectivity index (χ4v) is 2.56. The van der Waals surface area contributed by atoms with Gasteiger partial charge in [-0.2, -0.15) is 0 Å². The Balaban J connectivity index is 2.77. The number of nitrogens with one attached hydrogen (secondary N) is 1. The lowest BCUT2D eigenvalue weighted by Gasteiger charge is -2.14. The Morgan fingerprint density at radius 1 is 1.40 bits per heavy atom. The molecule has 0 fully saturated rings. The number of aliphatic hydroxyl groups is 1. The van der Waals surface area contributed by atoms with Crippen molar-refractivity contribution in [3.8, 4) is 11.8 Å². The molecule has 0 spiro atoms. The van der Waals surface area contributed by atoms with Crippen LogP contribution < -0.4 is 4.72 Å². The zero-order valence-corrected chi connectivity index (χ0v) is 12.6. The molecule has 0 amide bonds. The first-order valence-electron chi connectivity index (χ1n) is 6.37. The molecular formula is C14H20N2O3S. The number of benzene rings is 1. The second-order valence-corrected chi connectivity index (χ2v) is 6.05. The van der Waals surface area contributed by atoms with Gasteiger partial charge in [0.15, 0.2) is 0 Å². The van der Waals surface area contributed by atoms with Crippen LogP contribution in [0.3, 0.4) is 0 Å². The summed E-state index contributed by atoms with van der Waals surface area (Å²) in [7, 11) is -1.59. The van der Waals surface area contributed by atoms with Crippen LogP contribution in [0.15, 0.2) is 29.2 Å². The summed E-state index contributed by atoms with van der Waals surface area (Å²) in [6, 6.07) is 6.35. The summed E-state index contributed by atoms with van der Waals surface area (Å²) in [5.74, 6) is 5.18. The zero-order valence-electron chi connectivity index (χ0n) is 11.8. The maximum atomic E-state index is 12.1. The SMILES string of the molecule is CCN(C)CCNS(=O)(=O)c1cccc(C#CCO)c1. The van der Waals surface area contributed by atoms with Crippen molar-refractivity contribution in [1.29, 1.82) is 0 Å². The van der Waals surface area contributed by atoms with Gasteiger partial charge in [-0.05, 0) is 31.8 Å². The molecule has 0 heterocycles. The zero-order chi connectivity index (χ0) is 15.0. The van der Waals surface area contributed by atoms with Gasteiger partial charge in [-0.15, -0.1) is 0 Å². The van der Waals surface area contributed by atoms with E-state index >= 15 is 0 Å². The Hall–Kier alpha value is -1.39.